The molecule has 1 aromatic heterocycles. The first-order chi connectivity index (χ1) is 9.47. The lowest BCUT2D eigenvalue weighted by atomic mass is 9.99. The van der Waals surface area contributed by atoms with Gasteiger partial charge in [-0.25, -0.2) is 13.8 Å². The lowest BCUT2D eigenvalue weighted by molar-refractivity contribution is 0.515. The van der Waals surface area contributed by atoms with Gasteiger partial charge in [0.25, 0.3) is 0 Å². The Hall–Kier alpha value is -2.23. The van der Waals surface area contributed by atoms with Crippen molar-refractivity contribution in [2.24, 2.45) is 0 Å². The van der Waals surface area contributed by atoms with Crippen LogP contribution in [-0.4, -0.2) is 9.97 Å². The molecule has 0 unspecified atom stereocenters. The molecule has 20 heavy (non-hydrogen) atoms. The van der Waals surface area contributed by atoms with E-state index in [0.29, 0.717) is 11.3 Å². The molecule has 3 rings (SSSR count). The van der Waals surface area contributed by atoms with E-state index in [9.17, 15) is 8.78 Å². The molecule has 2 aromatic carbocycles. The molecule has 0 aliphatic rings. The summed E-state index contributed by atoms with van der Waals surface area (Å²) in [5, 5.41) is 0. The van der Waals surface area contributed by atoms with E-state index in [-0.39, 0.29) is 5.52 Å². The van der Waals surface area contributed by atoms with E-state index in [0.717, 1.165) is 28.3 Å². The number of H-pyrrole nitrogens is 1. The van der Waals surface area contributed by atoms with Crippen molar-refractivity contribution in [2.45, 2.75) is 20.8 Å². The fourth-order valence-corrected chi connectivity index (χ4v) is 2.69. The molecule has 3 aromatic rings. The zero-order valence-corrected chi connectivity index (χ0v) is 11.5. The van der Waals surface area contributed by atoms with Crippen LogP contribution in [0.15, 0.2) is 24.3 Å². The van der Waals surface area contributed by atoms with Gasteiger partial charge in [-0.05, 0) is 44.0 Å². The summed E-state index contributed by atoms with van der Waals surface area (Å²) in [5.74, 6) is -1.22. The van der Waals surface area contributed by atoms with Gasteiger partial charge in [0.05, 0.1) is 5.52 Å². The number of benzene rings is 2. The number of imidazole rings is 1. The van der Waals surface area contributed by atoms with Crippen molar-refractivity contribution in [3.05, 3.63) is 52.6 Å². The van der Waals surface area contributed by atoms with E-state index in [2.05, 4.69) is 9.97 Å². The van der Waals surface area contributed by atoms with Crippen LogP contribution in [0.1, 0.15) is 16.7 Å². The van der Waals surface area contributed by atoms with E-state index in [4.69, 9.17) is 0 Å². The van der Waals surface area contributed by atoms with Crippen LogP contribution < -0.4 is 0 Å². The molecule has 0 fully saturated rings. The molecule has 1 N–H and O–H groups in total. The minimum absolute atomic E-state index is 0.0411. The smallest absolute Gasteiger partial charge is 0.186 e. The van der Waals surface area contributed by atoms with Crippen molar-refractivity contribution in [1.82, 2.24) is 9.97 Å². The lowest BCUT2D eigenvalue weighted by Gasteiger charge is -2.08. The minimum Gasteiger partial charge on any atom is -0.338 e. The summed E-state index contributed by atoms with van der Waals surface area (Å²) in [5.41, 5.74) is 4.76. The Bertz CT molecular complexity index is 796. The van der Waals surface area contributed by atoms with Gasteiger partial charge in [0.1, 0.15) is 11.3 Å². The predicted molar refractivity (Wildman–Crippen MR) is 75.7 cm³/mol. The minimum atomic E-state index is -0.910. The molecule has 0 aliphatic carbocycles. The van der Waals surface area contributed by atoms with Gasteiger partial charge in [0.15, 0.2) is 11.6 Å². The molecule has 1 heterocycles. The highest BCUT2D eigenvalue weighted by molar-refractivity contribution is 5.81. The van der Waals surface area contributed by atoms with Gasteiger partial charge in [-0.1, -0.05) is 17.7 Å². The molecule has 0 saturated heterocycles. The van der Waals surface area contributed by atoms with Gasteiger partial charge in [0.2, 0.25) is 0 Å². The average Bonchev–Trinajstić information content (AvgIpc) is 2.77. The summed E-state index contributed by atoms with van der Waals surface area (Å²) < 4.78 is 27.0. The standard InChI is InChI=1S/C16H14F2N2/c1-8-6-9(2)13(10(3)7-8)16-19-12-5-4-11(17)14(18)15(12)20-16/h4-7H,1-3H3,(H,19,20). The molecule has 0 aliphatic heterocycles. The molecule has 0 radical (unpaired) electrons. The SMILES string of the molecule is Cc1cc(C)c(-c2nc3c(F)c(F)ccc3[nH]2)c(C)c1. The third-order valence-corrected chi connectivity index (χ3v) is 3.46. The number of aryl methyl sites for hydroxylation is 3. The van der Waals surface area contributed by atoms with Crippen LogP contribution in [0.3, 0.4) is 0 Å². The number of nitrogens with one attached hydrogen (secondary N) is 1. The van der Waals surface area contributed by atoms with Gasteiger partial charge >= 0.3 is 0 Å². The molecule has 4 heteroatoms. The Balaban J connectivity index is 2.28. The Labute approximate surface area is 115 Å². The Morgan fingerprint density at radius 2 is 1.65 bits per heavy atom. The summed E-state index contributed by atoms with van der Waals surface area (Å²) in [7, 11) is 0. The summed E-state index contributed by atoms with van der Waals surface area (Å²) in [4.78, 5) is 7.29. The highest BCUT2D eigenvalue weighted by atomic mass is 19.2. The first-order valence-electron chi connectivity index (χ1n) is 6.39. The second-order valence-electron chi connectivity index (χ2n) is 5.12. The van der Waals surface area contributed by atoms with Crippen LogP contribution >= 0.6 is 0 Å². The van der Waals surface area contributed by atoms with Gasteiger partial charge < -0.3 is 4.98 Å². The maximum Gasteiger partial charge on any atom is 0.186 e. The molecule has 0 amide bonds. The lowest BCUT2D eigenvalue weighted by Crippen LogP contribution is -1.91. The van der Waals surface area contributed by atoms with Crippen LogP contribution in [0.4, 0.5) is 8.78 Å². The van der Waals surface area contributed by atoms with Crippen molar-refractivity contribution in [1.29, 1.82) is 0 Å². The monoisotopic (exact) mass is 272 g/mol. The number of fused-ring (bicyclic) bond motifs is 1. The number of hydrogen-bond acceptors (Lipinski definition) is 1. The highest BCUT2D eigenvalue weighted by Crippen LogP contribution is 2.29. The van der Waals surface area contributed by atoms with Crippen LogP contribution in [-0.2, 0) is 0 Å². The van der Waals surface area contributed by atoms with Gasteiger partial charge in [-0.2, -0.15) is 0 Å². The third-order valence-electron chi connectivity index (χ3n) is 3.46. The molecule has 2 nitrogen and oxygen atoms in total. The van der Waals surface area contributed by atoms with Crippen LogP contribution in [0.2, 0.25) is 0 Å². The zero-order chi connectivity index (χ0) is 14.4. The van der Waals surface area contributed by atoms with Crippen molar-refractivity contribution in [3.63, 3.8) is 0 Å². The van der Waals surface area contributed by atoms with E-state index in [1.807, 2.05) is 32.9 Å². The van der Waals surface area contributed by atoms with Crippen molar-refractivity contribution < 1.29 is 8.78 Å². The molecular weight excluding hydrogens is 258 g/mol. The number of rotatable bonds is 1. The van der Waals surface area contributed by atoms with Crippen LogP contribution in [0.25, 0.3) is 22.4 Å². The number of hydrogen-bond donors (Lipinski definition) is 1. The predicted octanol–water partition coefficient (Wildman–Crippen LogP) is 4.43. The number of halogens is 2. The maximum atomic E-state index is 13.7. The fourth-order valence-electron chi connectivity index (χ4n) is 2.69. The number of aromatic nitrogens is 2. The maximum absolute atomic E-state index is 13.7. The van der Waals surface area contributed by atoms with Crippen LogP contribution in [0.5, 0.6) is 0 Å². The Kier molecular flexibility index (Phi) is 2.82. The Morgan fingerprint density at radius 3 is 2.30 bits per heavy atom. The third kappa shape index (κ3) is 1.88. The highest BCUT2D eigenvalue weighted by Gasteiger charge is 2.15. The summed E-state index contributed by atoms with van der Waals surface area (Å²) >= 11 is 0. The van der Waals surface area contributed by atoms with Gasteiger partial charge in [0, 0.05) is 5.56 Å². The van der Waals surface area contributed by atoms with Crippen molar-refractivity contribution in [2.75, 3.05) is 0 Å². The van der Waals surface area contributed by atoms with Crippen molar-refractivity contribution in [3.8, 4) is 11.4 Å². The second kappa shape index (κ2) is 4.40. The average molecular weight is 272 g/mol. The van der Waals surface area contributed by atoms with Crippen LogP contribution in [0, 0.1) is 32.4 Å². The number of aromatic amines is 1. The first kappa shape index (κ1) is 12.8. The molecule has 0 saturated carbocycles. The molecule has 0 spiro atoms. The fraction of sp³-hybridized carbons (Fsp3) is 0.188. The largest absolute Gasteiger partial charge is 0.338 e. The topological polar surface area (TPSA) is 28.7 Å². The zero-order valence-electron chi connectivity index (χ0n) is 11.5. The second-order valence-corrected chi connectivity index (χ2v) is 5.12. The van der Waals surface area contributed by atoms with Gasteiger partial charge in [-0.3, -0.25) is 0 Å². The summed E-state index contributed by atoms with van der Waals surface area (Å²) in [6.07, 6.45) is 0. The first-order valence-corrected chi connectivity index (χ1v) is 6.39. The number of nitrogens with zero attached hydrogens (tertiary/aromatic N) is 1. The van der Waals surface area contributed by atoms with E-state index in [1.54, 1.807) is 0 Å². The Morgan fingerprint density at radius 1 is 1.00 bits per heavy atom. The quantitative estimate of drug-likeness (QED) is 0.697. The summed E-state index contributed by atoms with van der Waals surface area (Å²) in [6.45, 7) is 6.00. The molecule has 0 atom stereocenters. The summed E-state index contributed by atoms with van der Waals surface area (Å²) in [6, 6.07) is 6.70. The molecule has 102 valence electrons. The van der Waals surface area contributed by atoms with Crippen molar-refractivity contribution >= 4 is 11.0 Å². The molecular formula is C16H14F2N2. The van der Waals surface area contributed by atoms with E-state index in [1.165, 1.54) is 6.07 Å². The molecule has 0 bridgehead atoms. The normalized spacial score (nSPS) is 11.2. The van der Waals surface area contributed by atoms with Gasteiger partial charge in [-0.15, -0.1) is 0 Å². The van der Waals surface area contributed by atoms with E-state index >= 15 is 0 Å². The van der Waals surface area contributed by atoms with E-state index < -0.39 is 11.6 Å².